The highest BCUT2D eigenvalue weighted by Gasteiger charge is 2.15. The number of aromatic nitrogens is 2. The number of amides is 2. The summed E-state index contributed by atoms with van der Waals surface area (Å²) in [7, 11) is 1.71. The van der Waals surface area contributed by atoms with Gasteiger partial charge < -0.3 is 14.4 Å². The lowest BCUT2D eigenvalue weighted by atomic mass is 10.2. The number of carbonyl (C=O) groups excluding carboxylic acids is 1. The summed E-state index contributed by atoms with van der Waals surface area (Å²) in [6.07, 6.45) is 0. The van der Waals surface area contributed by atoms with E-state index in [-0.39, 0.29) is 12.8 Å². The zero-order valence-corrected chi connectivity index (χ0v) is 11.5. The van der Waals surface area contributed by atoms with Gasteiger partial charge in [0.2, 0.25) is 11.9 Å². The van der Waals surface area contributed by atoms with Crippen molar-refractivity contribution in [2.75, 3.05) is 19.2 Å². The molecule has 1 aromatic heterocycles. The number of nitrogens with zero attached hydrogens (tertiary/aromatic N) is 3. The molecule has 0 saturated heterocycles. The summed E-state index contributed by atoms with van der Waals surface area (Å²) in [5.41, 5.74) is 2.53. The summed E-state index contributed by atoms with van der Waals surface area (Å²) < 4.78 is 10.6. The Balaban J connectivity index is 1.63. The van der Waals surface area contributed by atoms with Gasteiger partial charge in [-0.3, -0.25) is 5.32 Å². The minimum atomic E-state index is -0.237. The van der Waals surface area contributed by atoms with E-state index < -0.39 is 0 Å². The average molecular weight is 292 g/mol. The molecular formula is C12H12N4O3S. The van der Waals surface area contributed by atoms with Gasteiger partial charge in [-0.2, -0.15) is 0 Å². The summed E-state index contributed by atoms with van der Waals surface area (Å²) >= 11 is 1.27. The quantitative estimate of drug-likeness (QED) is 0.935. The van der Waals surface area contributed by atoms with Crippen molar-refractivity contribution in [3.05, 3.63) is 29.3 Å². The van der Waals surface area contributed by atoms with Gasteiger partial charge in [-0.05, 0) is 17.7 Å². The fourth-order valence-electron chi connectivity index (χ4n) is 1.80. The van der Waals surface area contributed by atoms with E-state index in [1.54, 1.807) is 17.5 Å². The second kappa shape index (κ2) is 5.33. The Morgan fingerprint density at radius 2 is 2.30 bits per heavy atom. The molecule has 1 aromatic carbocycles. The van der Waals surface area contributed by atoms with Crippen LogP contribution in [0.2, 0.25) is 0 Å². The van der Waals surface area contributed by atoms with E-state index in [1.807, 2.05) is 18.2 Å². The Bertz CT molecular complexity index is 617. The van der Waals surface area contributed by atoms with Crippen LogP contribution in [0.15, 0.2) is 23.7 Å². The molecule has 2 aromatic rings. The molecule has 0 atom stereocenters. The molecule has 0 fully saturated rings. The molecular weight excluding hydrogens is 280 g/mol. The van der Waals surface area contributed by atoms with E-state index in [4.69, 9.17) is 9.47 Å². The van der Waals surface area contributed by atoms with Crippen LogP contribution in [0.4, 0.5) is 9.93 Å². The maximum atomic E-state index is 11.9. The smallest absolute Gasteiger partial charge is 0.323 e. The number of rotatable bonds is 3. The van der Waals surface area contributed by atoms with Gasteiger partial charge in [0, 0.05) is 13.6 Å². The van der Waals surface area contributed by atoms with Crippen molar-refractivity contribution in [3.8, 4) is 11.5 Å². The van der Waals surface area contributed by atoms with Crippen LogP contribution in [0.5, 0.6) is 11.5 Å². The van der Waals surface area contributed by atoms with Crippen LogP contribution in [0.25, 0.3) is 0 Å². The Kier molecular flexibility index (Phi) is 3.38. The predicted octanol–water partition coefficient (Wildman–Crippen LogP) is 1.93. The summed E-state index contributed by atoms with van der Waals surface area (Å²) in [5, 5.41) is 10.6. The van der Waals surface area contributed by atoms with E-state index >= 15 is 0 Å². The molecule has 7 nitrogen and oxygen atoms in total. The lowest BCUT2D eigenvalue weighted by molar-refractivity contribution is 0.174. The first-order valence-corrected chi connectivity index (χ1v) is 6.77. The van der Waals surface area contributed by atoms with Gasteiger partial charge >= 0.3 is 6.03 Å². The molecule has 3 rings (SSSR count). The Labute approximate surface area is 119 Å². The van der Waals surface area contributed by atoms with Crippen LogP contribution in [0.3, 0.4) is 0 Å². The first-order valence-electron chi connectivity index (χ1n) is 5.89. The third kappa shape index (κ3) is 2.64. The number of urea groups is 1. The number of fused-ring (bicyclic) bond motifs is 1. The number of ether oxygens (including phenoxy) is 2. The summed E-state index contributed by atoms with van der Waals surface area (Å²) in [4.78, 5) is 13.5. The Morgan fingerprint density at radius 1 is 1.45 bits per heavy atom. The van der Waals surface area contributed by atoms with Gasteiger partial charge in [-0.15, -0.1) is 10.2 Å². The zero-order chi connectivity index (χ0) is 13.9. The van der Waals surface area contributed by atoms with Crippen LogP contribution in [-0.2, 0) is 6.54 Å². The summed E-state index contributed by atoms with van der Waals surface area (Å²) in [5.74, 6) is 1.44. The molecule has 0 aliphatic carbocycles. The number of carbonyl (C=O) groups is 1. The van der Waals surface area contributed by atoms with E-state index in [0.29, 0.717) is 17.4 Å². The minimum Gasteiger partial charge on any atom is -0.454 e. The van der Waals surface area contributed by atoms with Crippen LogP contribution >= 0.6 is 11.3 Å². The zero-order valence-electron chi connectivity index (χ0n) is 10.7. The van der Waals surface area contributed by atoms with Gasteiger partial charge in [-0.25, -0.2) is 4.79 Å². The number of nitrogens with one attached hydrogen (secondary N) is 1. The van der Waals surface area contributed by atoms with Crippen LogP contribution in [0.1, 0.15) is 5.56 Å². The number of hydrogen-bond acceptors (Lipinski definition) is 6. The summed E-state index contributed by atoms with van der Waals surface area (Å²) in [6.45, 7) is 0.702. The number of hydrogen-bond donors (Lipinski definition) is 1. The van der Waals surface area contributed by atoms with E-state index in [2.05, 4.69) is 15.5 Å². The highest BCUT2D eigenvalue weighted by molar-refractivity contribution is 7.13. The molecule has 2 heterocycles. The Hall–Kier alpha value is -2.35. The minimum absolute atomic E-state index is 0.237. The first kappa shape index (κ1) is 12.7. The molecule has 0 saturated carbocycles. The molecule has 20 heavy (non-hydrogen) atoms. The van der Waals surface area contributed by atoms with Crippen LogP contribution < -0.4 is 14.8 Å². The lowest BCUT2D eigenvalue weighted by Gasteiger charge is -2.17. The van der Waals surface area contributed by atoms with Gasteiger partial charge in [0.15, 0.2) is 11.5 Å². The third-order valence-electron chi connectivity index (χ3n) is 2.78. The van der Waals surface area contributed by atoms with Crippen molar-refractivity contribution in [2.45, 2.75) is 6.54 Å². The molecule has 1 aliphatic heterocycles. The lowest BCUT2D eigenvalue weighted by Crippen LogP contribution is -2.30. The van der Waals surface area contributed by atoms with Gasteiger partial charge in [0.05, 0.1) is 0 Å². The van der Waals surface area contributed by atoms with Crippen molar-refractivity contribution in [3.63, 3.8) is 0 Å². The topological polar surface area (TPSA) is 76.6 Å². The standard InChI is InChI=1S/C12H12N4O3S/c1-16(12(17)14-11-15-13-6-20-11)5-8-2-3-9-10(4-8)19-7-18-9/h2-4,6H,5,7H2,1H3,(H,14,15,17). The SMILES string of the molecule is CN(Cc1ccc2c(c1)OCO2)C(=O)Nc1nncs1. The number of benzene rings is 1. The van der Waals surface area contributed by atoms with Crippen LogP contribution in [-0.4, -0.2) is 35.0 Å². The van der Waals surface area contributed by atoms with Crippen molar-refractivity contribution >= 4 is 22.5 Å². The van der Waals surface area contributed by atoms with E-state index in [1.165, 1.54) is 11.3 Å². The second-order valence-electron chi connectivity index (χ2n) is 4.22. The Morgan fingerprint density at radius 3 is 3.10 bits per heavy atom. The van der Waals surface area contributed by atoms with Crippen LogP contribution in [0, 0.1) is 0 Å². The van der Waals surface area contributed by atoms with E-state index in [0.717, 1.165) is 11.3 Å². The van der Waals surface area contributed by atoms with Crippen molar-refractivity contribution in [2.24, 2.45) is 0 Å². The fourth-order valence-corrected chi connectivity index (χ4v) is 2.23. The normalized spacial score (nSPS) is 12.2. The molecule has 0 unspecified atom stereocenters. The molecule has 2 amide bonds. The highest BCUT2D eigenvalue weighted by atomic mass is 32.1. The monoisotopic (exact) mass is 292 g/mol. The number of anilines is 1. The maximum Gasteiger partial charge on any atom is 0.323 e. The van der Waals surface area contributed by atoms with Gasteiger partial charge in [0.25, 0.3) is 0 Å². The molecule has 8 heteroatoms. The predicted molar refractivity (Wildman–Crippen MR) is 73.0 cm³/mol. The van der Waals surface area contributed by atoms with Gasteiger partial charge in [-0.1, -0.05) is 17.4 Å². The molecule has 1 aliphatic rings. The third-order valence-corrected chi connectivity index (χ3v) is 3.38. The van der Waals surface area contributed by atoms with E-state index in [9.17, 15) is 4.79 Å². The highest BCUT2D eigenvalue weighted by Crippen LogP contribution is 2.32. The largest absolute Gasteiger partial charge is 0.454 e. The average Bonchev–Trinajstić information content (AvgIpc) is 3.08. The molecule has 0 radical (unpaired) electrons. The van der Waals surface area contributed by atoms with Crippen molar-refractivity contribution in [1.82, 2.24) is 15.1 Å². The molecule has 0 bridgehead atoms. The van der Waals surface area contributed by atoms with Crippen molar-refractivity contribution < 1.29 is 14.3 Å². The maximum absolute atomic E-state index is 11.9. The van der Waals surface area contributed by atoms with Gasteiger partial charge in [0.1, 0.15) is 5.51 Å². The van der Waals surface area contributed by atoms with Crippen molar-refractivity contribution in [1.29, 1.82) is 0 Å². The molecule has 104 valence electrons. The first-order chi connectivity index (χ1) is 9.72. The fraction of sp³-hybridized carbons (Fsp3) is 0.250. The molecule has 0 spiro atoms. The molecule has 1 N–H and O–H groups in total. The summed E-state index contributed by atoms with van der Waals surface area (Å²) in [6, 6.07) is 5.38. The second-order valence-corrected chi connectivity index (χ2v) is 5.05.